The molecule has 1 aliphatic heterocycles. The van der Waals surface area contributed by atoms with Gasteiger partial charge in [0.05, 0.1) is 5.69 Å². The van der Waals surface area contributed by atoms with Gasteiger partial charge in [-0.25, -0.2) is 0 Å². The van der Waals surface area contributed by atoms with Gasteiger partial charge in [-0.05, 0) is 12.1 Å². The fraction of sp³-hybridized carbons (Fsp3) is 0.308. The molecule has 0 radical (unpaired) electrons. The van der Waals surface area contributed by atoms with E-state index in [1.54, 1.807) is 6.20 Å². The van der Waals surface area contributed by atoms with Crippen LogP contribution in [-0.2, 0) is 0 Å². The second kappa shape index (κ2) is 4.59. The standard InChI is InChI=1S/C13H16N4/c1-2-4-13(17-9-7-14-8-10-17)11(3-1)12-5-6-15-16-12/h1-6,14H,7-10H2,(H,15,16). The summed E-state index contributed by atoms with van der Waals surface area (Å²) in [7, 11) is 0. The molecular weight excluding hydrogens is 212 g/mol. The van der Waals surface area contributed by atoms with Gasteiger partial charge >= 0.3 is 0 Å². The number of piperazine rings is 1. The van der Waals surface area contributed by atoms with Crippen molar-refractivity contribution in [3.05, 3.63) is 36.5 Å². The summed E-state index contributed by atoms with van der Waals surface area (Å²) in [5.74, 6) is 0. The van der Waals surface area contributed by atoms with Crippen LogP contribution in [0.25, 0.3) is 11.3 Å². The minimum absolute atomic E-state index is 1.05. The van der Waals surface area contributed by atoms with Crippen LogP contribution in [0.3, 0.4) is 0 Å². The van der Waals surface area contributed by atoms with Crippen LogP contribution >= 0.6 is 0 Å². The second-order valence-corrected chi connectivity index (χ2v) is 4.22. The van der Waals surface area contributed by atoms with Gasteiger partial charge in [-0.15, -0.1) is 0 Å². The molecule has 4 heteroatoms. The molecule has 0 aliphatic carbocycles. The normalized spacial score (nSPS) is 16.1. The molecule has 0 bridgehead atoms. The molecule has 3 rings (SSSR count). The minimum Gasteiger partial charge on any atom is -0.368 e. The van der Waals surface area contributed by atoms with Crippen molar-refractivity contribution in [1.82, 2.24) is 15.5 Å². The molecule has 1 saturated heterocycles. The van der Waals surface area contributed by atoms with E-state index < -0.39 is 0 Å². The summed E-state index contributed by atoms with van der Waals surface area (Å²) in [4.78, 5) is 2.42. The molecule has 2 heterocycles. The lowest BCUT2D eigenvalue weighted by Crippen LogP contribution is -2.43. The summed E-state index contributed by atoms with van der Waals surface area (Å²) in [6, 6.07) is 10.5. The zero-order valence-electron chi connectivity index (χ0n) is 9.69. The molecular formula is C13H16N4. The number of benzene rings is 1. The average Bonchev–Trinajstić information content (AvgIpc) is 2.94. The quantitative estimate of drug-likeness (QED) is 0.818. The van der Waals surface area contributed by atoms with Gasteiger partial charge in [0.2, 0.25) is 0 Å². The van der Waals surface area contributed by atoms with E-state index in [1.165, 1.54) is 11.3 Å². The third-order valence-electron chi connectivity index (χ3n) is 3.15. The van der Waals surface area contributed by atoms with Crippen molar-refractivity contribution in [2.45, 2.75) is 0 Å². The first-order valence-electron chi connectivity index (χ1n) is 5.99. The fourth-order valence-corrected chi connectivity index (χ4v) is 2.29. The van der Waals surface area contributed by atoms with Crippen LogP contribution in [0.4, 0.5) is 5.69 Å². The molecule has 0 saturated carbocycles. The molecule has 0 atom stereocenters. The molecule has 4 nitrogen and oxygen atoms in total. The smallest absolute Gasteiger partial charge is 0.0670 e. The number of aromatic amines is 1. The lowest BCUT2D eigenvalue weighted by Gasteiger charge is -2.30. The fourth-order valence-electron chi connectivity index (χ4n) is 2.29. The van der Waals surface area contributed by atoms with Crippen LogP contribution in [0.2, 0.25) is 0 Å². The van der Waals surface area contributed by atoms with Crippen molar-refractivity contribution < 1.29 is 0 Å². The van der Waals surface area contributed by atoms with Crippen LogP contribution < -0.4 is 10.2 Å². The first-order valence-corrected chi connectivity index (χ1v) is 5.99. The average molecular weight is 228 g/mol. The van der Waals surface area contributed by atoms with Gasteiger partial charge in [-0.1, -0.05) is 18.2 Å². The van der Waals surface area contributed by atoms with Crippen molar-refractivity contribution in [3.8, 4) is 11.3 Å². The SMILES string of the molecule is c1ccc(N2CCNCC2)c(-c2ccn[nH]2)c1. The Morgan fingerprint density at radius 2 is 1.88 bits per heavy atom. The second-order valence-electron chi connectivity index (χ2n) is 4.22. The highest BCUT2D eigenvalue weighted by Gasteiger charge is 2.14. The van der Waals surface area contributed by atoms with Crippen LogP contribution in [-0.4, -0.2) is 36.4 Å². The highest BCUT2D eigenvalue weighted by atomic mass is 15.2. The van der Waals surface area contributed by atoms with Crippen LogP contribution in [0.1, 0.15) is 0 Å². The molecule has 0 amide bonds. The summed E-state index contributed by atoms with van der Waals surface area (Å²) < 4.78 is 0. The third-order valence-corrected chi connectivity index (χ3v) is 3.15. The van der Waals surface area contributed by atoms with Gasteiger partial charge in [-0.2, -0.15) is 5.10 Å². The topological polar surface area (TPSA) is 44.0 Å². The largest absolute Gasteiger partial charge is 0.368 e. The highest BCUT2D eigenvalue weighted by Crippen LogP contribution is 2.29. The number of H-pyrrole nitrogens is 1. The maximum atomic E-state index is 4.03. The van der Waals surface area contributed by atoms with E-state index in [4.69, 9.17) is 0 Å². The minimum atomic E-state index is 1.05. The number of hydrogen-bond acceptors (Lipinski definition) is 3. The number of nitrogens with one attached hydrogen (secondary N) is 2. The number of nitrogens with zero attached hydrogens (tertiary/aromatic N) is 2. The molecule has 0 unspecified atom stereocenters. The predicted molar refractivity (Wildman–Crippen MR) is 69.1 cm³/mol. The predicted octanol–water partition coefficient (Wildman–Crippen LogP) is 1.49. The highest BCUT2D eigenvalue weighted by molar-refractivity contribution is 5.76. The third kappa shape index (κ3) is 2.03. The number of hydrogen-bond donors (Lipinski definition) is 2. The Labute approximate surface area is 101 Å². The van der Waals surface area contributed by atoms with Crippen LogP contribution in [0.5, 0.6) is 0 Å². The first-order chi connectivity index (χ1) is 8.45. The Bertz CT molecular complexity index is 472. The maximum absolute atomic E-state index is 4.03. The Morgan fingerprint density at radius 3 is 2.65 bits per heavy atom. The van der Waals surface area contributed by atoms with E-state index in [0.29, 0.717) is 0 Å². The number of aromatic nitrogens is 2. The van der Waals surface area contributed by atoms with Gasteiger partial charge < -0.3 is 10.2 Å². The summed E-state index contributed by atoms with van der Waals surface area (Å²) in [6.45, 7) is 4.23. The van der Waals surface area contributed by atoms with E-state index in [1.807, 2.05) is 6.07 Å². The molecule has 1 aromatic carbocycles. The molecule has 1 aliphatic rings. The van der Waals surface area contributed by atoms with E-state index in [9.17, 15) is 0 Å². The summed E-state index contributed by atoms with van der Waals surface area (Å²) in [6.07, 6.45) is 1.80. The van der Waals surface area contributed by atoms with Crippen LogP contribution in [0, 0.1) is 0 Å². The first kappa shape index (κ1) is 10.4. The molecule has 1 fully saturated rings. The van der Waals surface area contributed by atoms with Crippen molar-refractivity contribution in [2.24, 2.45) is 0 Å². The molecule has 2 aromatic rings. The molecule has 0 spiro atoms. The van der Waals surface area contributed by atoms with Gasteiger partial charge in [0, 0.05) is 43.6 Å². The zero-order chi connectivity index (χ0) is 11.5. The maximum Gasteiger partial charge on any atom is 0.0670 e. The zero-order valence-corrected chi connectivity index (χ0v) is 9.69. The summed E-state index contributed by atoms with van der Waals surface area (Å²) >= 11 is 0. The summed E-state index contributed by atoms with van der Waals surface area (Å²) in [5.41, 5.74) is 3.60. The Balaban J connectivity index is 1.98. The number of anilines is 1. The summed E-state index contributed by atoms with van der Waals surface area (Å²) in [5, 5.41) is 10.4. The Hall–Kier alpha value is -1.81. The molecule has 17 heavy (non-hydrogen) atoms. The van der Waals surface area contributed by atoms with Crippen LogP contribution in [0.15, 0.2) is 36.5 Å². The van der Waals surface area contributed by atoms with E-state index >= 15 is 0 Å². The van der Waals surface area contributed by atoms with Gasteiger partial charge in [-0.3, -0.25) is 5.10 Å². The Morgan fingerprint density at radius 1 is 1.06 bits per heavy atom. The van der Waals surface area contributed by atoms with Gasteiger partial charge in [0.1, 0.15) is 0 Å². The van der Waals surface area contributed by atoms with Crippen molar-refractivity contribution >= 4 is 5.69 Å². The van der Waals surface area contributed by atoms with E-state index in [-0.39, 0.29) is 0 Å². The lowest BCUT2D eigenvalue weighted by atomic mass is 10.1. The molecule has 1 aromatic heterocycles. The molecule has 2 N–H and O–H groups in total. The molecule has 88 valence electrons. The number of rotatable bonds is 2. The monoisotopic (exact) mass is 228 g/mol. The van der Waals surface area contributed by atoms with Crippen molar-refractivity contribution in [1.29, 1.82) is 0 Å². The van der Waals surface area contributed by atoms with Crippen molar-refractivity contribution in [2.75, 3.05) is 31.1 Å². The Kier molecular flexibility index (Phi) is 2.80. The van der Waals surface area contributed by atoms with E-state index in [0.717, 1.165) is 31.9 Å². The van der Waals surface area contributed by atoms with Gasteiger partial charge in [0.15, 0.2) is 0 Å². The lowest BCUT2D eigenvalue weighted by molar-refractivity contribution is 0.589. The van der Waals surface area contributed by atoms with Gasteiger partial charge in [0.25, 0.3) is 0 Å². The van der Waals surface area contributed by atoms with Crippen molar-refractivity contribution in [3.63, 3.8) is 0 Å². The number of para-hydroxylation sites is 1. The van der Waals surface area contributed by atoms with E-state index in [2.05, 4.69) is 44.7 Å².